The summed E-state index contributed by atoms with van der Waals surface area (Å²) in [5, 5.41) is 30.6. The lowest BCUT2D eigenvalue weighted by Crippen LogP contribution is -2.35. The fourth-order valence-electron chi connectivity index (χ4n) is 6.36. The number of fused-ring (bicyclic) bond motifs is 1. The van der Waals surface area contributed by atoms with Crippen LogP contribution in [0.5, 0.6) is 0 Å². The third-order valence-corrected chi connectivity index (χ3v) is 8.20. The monoisotopic (exact) mass is 416 g/mol. The molecule has 0 unspecified atom stereocenters. The predicted molar refractivity (Wildman–Crippen MR) is 122 cm³/mol. The van der Waals surface area contributed by atoms with Gasteiger partial charge in [0.1, 0.15) is 0 Å². The summed E-state index contributed by atoms with van der Waals surface area (Å²) >= 11 is 0. The van der Waals surface area contributed by atoms with E-state index < -0.39 is 37.0 Å². The summed E-state index contributed by atoms with van der Waals surface area (Å²) in [4.78, 5) is 0. The molecule has 0 amide bonds. The minimum absolute atomic E-state index is 0.142. The number of hydrogen-bond donors (Lipinski definition) is 3. The molecule has 4 rings (SSSR count). The van der Waals surface area contributed by atoms with E-state index in [2.05, 4.69) is 32.6 Å². The van der Waals surface area contributed by atoms with Crippen molar-refractivity contribution in [2.24, 2.45) is 29.1 Å². The van der Waals surface area contributed by atoms with Gasteiger partial charge in [-0.05, 0) is 91.5 Å². The van der Waals surface area contributed by atoms with E-state index in [1.807, 2.05) is 6.08 Å². The van der Waals surface area contributed by atoms with Gasteiger partial charge in [-0.2, -0.15) is 0 Å². The zero-order valence-corrected chi connectivity index (χ0v) is 18.3. The lowest BCUT2D eigenvalue weighted by molar-refractivity contribution is 0.0862. The van der Waals surface area contributed by atoms with Gasteiger partial charge in [0.25, 0.3) is 0 Å². The van der Waals surface area contributed by atoms with Crippen LogP contribution in [0.15, 0.2) is 47.6 Å². The molecule has 0 heterocycles. The largest absolute Gasteiger partial charge is 0.393 e. The van der Waals surface area contributed by atoms with Gasteiger partial charge in [0.2, 0.25) is 0 Å². The van der Waals surface area contributed by atoms with Crippen LogP contribution in [0.25, 0.3) is 0 Å². The van der Waals surface area contributed by atoms with Crippen molar-refractivity contribution in [3.63, 3.8) is 0 Å². The average Bonchev–Trinajstić information content (AvgIpc) is 3.00. The molecule has 3 N–H and O–H groups in total. The van der Waals surface area contributed by atoms with Crippen LogP contribution in [0, 0.1) is 29.1 Å². The maximum Gasteiger partial charge on any atom is 0.0811 e. The Morgan fingerprint density at radius 2 is 1.97 bits per heavy atom. The smallest absolute Gasteiger partial charge is 0.0811 e. The van der Waals surface area contributed by atoms with Crippen molar-refractivity contribution in [3.8, 4) is 0 Å². The van der Waals surface area contributed by atoms with Gasteiger partial charge in [0.05, 0.1) is 18.3 Å². The molecule has 0 aromatic rings. The minimum atomic E-state index is -1.97. The molecule has 0 saturated heterocycles. The normalized spacial score (nSPS) is 47.4. The van der Waals surface area contributed by atoms with Gasteiger partial charge in [0, 0.05) is 11.9 Å². The van der Waals surface area contributed by atoms with Crippen molar-refractivity contribution < 1.29 is 20.8 Å². The summed E-state index contributed by atoms with van der Waals surface area (Å²) in [7, 11) is 0. The molecule has 0 spiro atoms. The zero-order valence-electron chi connectivity index (χ0n) is 22.3. The second-order valence-electron chi connectivity index (χ2n) is 10.2. The molecule has 3 nitrogen and oxygen atoms in total. The van der Waals surface area contributed by atoms with E-state index in [-0.39, 0.29) is 11.3 Å². The molecule has 0 radical (unpaired) electrons. The highest BCUT2D eigenvalue weighted by atomic mass is 16.3. The first-order valence-electron chi connectivity index (χ1n) is 13.6. The van der Waals surface area contributed by atoms with Crippen molar-refractivity contribution in [2.45, 2.75) is 89.9 Å². The van der Waals surface area contributed by atoms with E-state index in [1.165, 1.54) is 5.57 Å². The maximum absolute atomic E-state index is 10.4. The summed E-state index contributed by atoms with van der Waals surface area (Å²) in [5.74, 6) is 0.126. The van der Waals surface area contributed by atoms with Crippen molar-refractivity contribution in [1.29, 1.82) is 0 Å². The van der Waals surface area contributed by atoms with Crippen molar-refractivity contribution in [3.05, 3.63) is 47.6 Å². The van der Waals surface area contributed by atoms with E-state index in [0.29, 0.717) is 30.3 Å². The topological polar surface area (TPSA) is 60.7 Å². The first-order valence-corrected chi connectivity index (χ1v) is 11.6. The van der Waals surface area contributed by atoms with Crippen LogP contribution in [0.3, 0.4) is 0 Å². The Labute approximate surface area is 187 Å². The zero-order chi connectivity index (χ0) is 25.1. The Hall–Kier alpha value is -1.16. The van der Waals surface area contributed by atoms with Gasteiger partial charge in [-0.1, -0.05) is 50.3 Å². The molecule has 0 aliphatic heterocycles. The van der Waals surface area contributed by atoms with E-state index in [1.54, 1.807) is 6.08 Å². The van der Waals surface area contributed by atoms with Crippen LogP contribution in [-0.4, -0.2) is 33.6 Å². The quantitative estimate of drug-likeness (QED) is 0.547. The predicted octanol–water partition coefficient (Wildman–Crippen LogP) is 5.09. The summed E-state index contributed by atoms with van der Waals surface area (Å²) in [6.07, 6.45) is 7.99. The van der Waals surface area contributed by atoms with Gasteiger partial charge in [-0.3, -0.25) is 0 Å². The summed E-state index contributed by atoms with van der Waals surface area (Å²) < 4.78 is 31.1. The Kier molecular flexibility index (Phi) is 5.08. The molecule has 4 aliphatic carbocycles. The highest BCUT2D eigenvalue weighted by molar-refractivity contribution is 5.38. The van der Waals surface area contributed by atoms with Crippen LogP contribution in [-0.2, 0) is 0 Å². The molecule has 3 heteroatoms. The minimum Gasteiger partial charge on any atom is -0.393 e. The van der Waals surface area contributed by atoms with Gasteiger partial charge >= 0.3 is 0 Å². The number of aliphatic hydroxyl groups is 3. The molecule has 0 aromatic heterocycles. The number of hydrogen-bond acceptors (Lipinski definition) is 3. The molecule has 30 heavy (non-hydrogen) atoms. The second-order valence-corrected chi connectivity index (χ2v) is 10.2. The average molecular weight is 417 g/mol. The van der Waals surface area contributed by atoms with Crippen LogP contribution < -0.4 is 0 Å². The van der Waals surface area contributed by atoms with E-state index in [0.717, 1.165) is 37.7 Å². The first kappa shape index (κ1) is 17.4. The standard InChI is InChI=1S/C27H40O3/c1-17(6-13-25(29)20-8-9-20)23-11-12-24-19(5-4-14-27(23,24)3)7-10-21-15-22(28)16-26(30)18(21)2/h6-7,10,13,17,20,22-26,28-30H,2,4-5,8-9,11-12,14-16H2,1,3H3/b13-6+,19-7+,21-10+/t17-,22-,23-,24+,25-,26+,27-/m1/s1/i8D2,9D2. The Bertz CT molecular complexity index is 894. The lowest BCUT2D eigenvalue weighted by atomic mass is 9.61. The Morgan fingerprint density at radius 3 is 2.70 bits per heavy atom. The summed E-state index contributed by atoms with van der Waals surface area (Å²) in [6, 6.07) is 0. The SMILES string of the molecule is [2H]C1([2H])C([C@H](O)/C=C/[C@@H](C)[C@H]2CC[C@H]3/C(=C/C=C4\C[C@@H](O)C[C@H](O)C4=C)CCC[C@]23C)C1([2H])[2H]. The van der Waals surface area contributed by atoms with Crippen molar-refractivity contribution >= 4 is 0 Å². The Balaban J connectivity index is 1.46. The third-order valence-electron chi connectivity index (χ3n) is 8.20. The van der Waals surface area contributed by atoms with Gasteiger partial charge in [-0.25, -0.2) is 0 Å². The van der Waals surface area contributed by atoms with Crippen LogP contribution in [0.2, 0.25) is 0 Å². The van der Waals surface area contributed by atoms with Gasteiger partial charge in [-0.15, -0.1) is 0 Å². The second kappa shape index (κ2) is 8.76. The number of aliphatic hydroxyl groups excluding tert-OH is 3. The number of rotatable bonds is 5. The lowest BCUT2D eigenvalue weighted by Gasteiger charge is -2.44. The van der Waals surface area contributed by atoms with Crippen molar-refractivity contribution in [2.75, 3.05) is 0 Å². The first-order chi connectivity index (χ1) is 15.8. The molecule has 0 bridgehead atoms. The highest BCUT2D eigenvalue weighted by Crippen LogP contribution is 2.59. The highest BCUT2D eigenvalue weighted by Gasteiger charge is 2.50. The molecule has 7 atom stereocenters. The third kappa shape index (κ3) is 4.40. The van der Waals surface area contributed by atoms with Crippen LogP contribution >= 0.6 is 0 Å². The van der Waals surface area contributed by atoms with Gasteiger partial charge in [0.15, 0.2) is 0 Å². The fraction of sp³-hybridized carbons (Fsp3) is 0.704. The molecule has 4 saturated carbocycles. The number of allylic oxidation sites excluding steroid dienone is 4. The fourth-order valence-corrected chi connectivity index (χ4v) is 6.36. The molecular weight excluding hydrogens is 372 g/mol. The summed E-state index contributed by atoms with van der Waals surface area (Å²) in [5.41, 5.74) is 3.22. The summed E-state index contributed by atoms with van der Waals surface area (Å²) in [6.45, 7) is 8.56. The van der Waals surface area contributed by atoms with Crippen LogP contribution in [0.1, 0.15) is 77.0 Å². The van der Waals surface area contributed by atoms with E-state index in [4.69, 9.17) is 5.48 Å². The van der Waals surface area contributed by atoms with Gasteiger partial charge < -0.3 is 15.3 Å². The molecule has 4 fully saturated rings. The molecule has 4 aliphatic rings. The molecular formula is C27H40O3. The maximum atomic E-state index is 10.4. The van der Waals surface area contributed by atoms with Crippen LogP contribution in [0.4, 0.5) is 0 Å². The molecule has 0 aromatic carbocycles. The van der Waals surface area contributed by atoms with E-state index in [9.17, 15) is 15.3 Å². The Morgan fingerprint density at radius 1 is 1.20 bits per heavy atom. The van der Waals surface area contributed by atoms with E-state index >= 15 is 0 Å². The van der Waals surface area contributed by atoms with Crippen molar-refractivity contribution in [1.82, 2.24) is 0 Å². The molecule has 166 valence electrons.